The number of hydrogen-bond acceptors (Lipinski definition) is 5. The van der Waals surface area contributed by atoms with Gasteiger partial charge in [0.2, 0.25) is 0 Å². The van der Waals surface area contributed by atoms with E-state index in [4.69, 9.17) is 4.74 Å². The van der Waals surface area contributed by atoms with Crippen LogP contribution < -0.4 is 5.32 Å². The van der Waals surface area contributed by atoms with Crippen LogP contribution in [0.25, 0.3) is 0 Å². The summed E-state index contributed by atoms with van der Waals surface area (Å²) < 4.78 is 30.3. The normalized spacial score (nSPS) is 11.4. The van der Waals surface area contributed by atoms with Gasteiger partial charge >= 0.3 is 0 Å². The average Bonchev–Trinajstić information content (AvgIpc) is 2.90. The molecule has 2 rings (SSSR count). The first-order valence-electron chi connectivity index (χ1n) is 6.55. The number of ether oxygens (including phenoxy) is 1. The van der Waals surface area contributed by atoms with Gasteiger partial charge in [0.05, 0.1) is 17.3 Å². The molecule has 22 heavy (non-hydrogen) atoms. The van der Waals surface area contributed by atoms with Gasteiger partial charge in [-0.05, 0) is 24.3 Å². The summed E-state index contributed by atoms with van der Waals surface area (Å²) in [5.74, 6) is -0.00739. The van der Waals surface area contributed by atoms with Crippen LogP contribution in [0.2, 0.25) is 0 Å². The minimum absolute atomic E-state index is 0.0943. The number of carbonyl (C=O) groups excluding carboxylic acids is 1. The average molecular weight is 323 g/mol. The molecule has 1 heterocycles. The quantitative estimate of drug-likeness (QED) is 0.859. The van der Waals surface area contributed by atoms with E-state index in [0.717, 1.165) is 0 Å². The highest BCUT2D eigenvalue weighted by Gasteiger charge is 2.15. The highest BCUT2D eigenvalue weighted by molar-refractivity contribution is 7.91. The van der Waals surface area contributed by atoms with Crippen molar-refractivity contribution in [2.24, 2.45) is 7.05 Å². The van der Waals surface area contributed by atoms with Gasteiger partial charge in [0.25, 0.3) is 5.91 Å². The molecule has 7 nitrogen and oxygen atoms in total. The highest BCUT2D eigenvalue weighted by atomic mass is 32.2. The molecule has 0 bridgehead atoms. The summed E-state index contributed by atoms with van der Waals surface area (Å²) in [4.78, 5) is 12.2. The monoisotopic (exact) mass is 323 g/mol. The molecule has 1 N–H and O–H groups in total. The van der Waals surface area contributed by atoms with Gasteiger partial charge < -0.3 is 10.1 Å². The lowest BCUT2D eigenvalue weighted by Crippen LogP contribution is -2.14. The Morgan fingerprint density at radius 1 is 1.27 bits per heavy atom. The molecule has 0 saturated heterocycles. The Balaban J connectivity index is 2.09. The van der Waals surface area contributed by atoms with Crippen molar-refractivity contribution >= 4 is 21.6 Å². The molecule has 0 aliphatic rings. The Morgan fingerprint density at radius 2 is 1.95 bits per heavy atom. The summed E-state index contributed by atoms with van der Waals surface area (Å²) in [6, 6.07) is 7.44. The number of amides is 1. The maximum Gasteiger partial charge on any atom is 0.256 e. The molecular formula is C14H17N3O4S. The van der Waals surface area contributed by atoms with Crippen molar-refractivity contribution in [2.45, 2.75) is 4.90 Å². The fourth-order valence-corrected chi connectivity index (χ4v) is 2.97. The van der Waals surface area contributed by atoms with Gasteiger partial charge in [-0.3, -0.25) is 9.48 Å². The van der Waals surface area contributed by atoms with Crippen LogP contribution in [0.1, 0.15) is 10.4 Å². The maximum absolute atomic E-state index is 12.0. The topological polar surface area (TPSA) is 90.3 Å². The van der Waals surface area contributed by atoms with Crippen molar-refractivity contribution in [1.29, 1.82) is 0 Å². The molecule has 1 aromatic carbocycles. The lowest BCUT2D eigenvalue weighted by molar-refractivity contribution is 0.102. The minimum atomic E-state index is -3.39. The molecule has 0 aliphatic heterocycles. The van der Waals surface area contributed by atoms with Gasteiger partial charge in [-0.1, -0.05) is 0 Å². The summed E-state index contributed by atoms with van der Waals surface area (Å²) in [7, 11) is -0.202. The van der Waals surface area contributed by atoms with Gasteiger partial charge in [0, 0.05) is 32.0 Å². The van der Waals surface area contributed by atoms with E-state index >= 15 is 0 Å². The molecule has 0 spiro atoms. The Bertz CT molecular complexity index is 751. The lowest BCUT2D eigenvalue weighted by Gasteiger charge is -2.06. The van der Waals surface area contributed by atoms with Crippen molar-refractivity contribution in [3.63, 3.8) is 0 Å². The summed E-state index contributed by atoms with van der Waals surface area (Å²) in [6.45, 7) is 0.129. The lowest BCUT2D eigenvalue weighted by atomic mass is 10.2. The zero-order valence-corrected chi connectivity index (χ0v) is 13.1. The largest absolute Gasteiger partial charge is 0.384 e. The zero-order valence-electron chi connectivity index (χ0n) is 12.3. The molecule has 0 atom stereocenters. The van der Waals surface area contributed by atoms with Crippen LogP contribution in [0.4, 0.5) is 5.82 Å². The summed E-state index contributed by atoms with van der Waals surface area (Å²) >= 11 is 0. The van der Waals surface area contributed by atoms with E-state index in [-0.39, 0.29) is 23.2 Å². The fourth-order valence-electron chi connectivity index (χ4n) is 1.79. The van der Waals surface area contributed by atoms with Gasteiger partial charge in [0.15, 0.2) is 15.7 Å². The SMILES string of the molecule is COCCS(=O)(=O)c1ccc(C(=O)Nc2ccn(C)n2)cc1. The molecular weight excluding hydrogens is 306 g/mol. The van der Waals surface area contributed by atoms with E-state index in [2.05, 4.69) is 10.4 Å². The summed E-state index contributed by atoms with van der Waals surface area (Å²) in [6.07, 6.45) is 1.71. The third-order valence-corrected chi connectivity index (χ3v) is 4.68. The van der Waals surface area contributed by atoms with Gasteiger partial charge in [-0.15, -0.1) is 0 Å². The van der Waals surface area contributed by atoms with E-state index in [1.807, 2.05) is 0 Å². The number of aryl methyl sites for hydroxylation is 1. The van der Waals surface area contributed by atoms with Crippen LogP contribution >= 0.6 is 0 Å². The van der Waals surface area contributed by atoms with Gasteiger partial charge in [0.1, 0.15) is 0 Å². The van der Waals surface area contributed by atoms with Crippen LogP contribution in [0.15, 0.2) is 41.4 Å². The Hall–Kier alpha value is -2.19. The summed E-state index contributed by atoms with van der Waals surface area (Å²) in [5, 5.41) is 6.67. The number of aromatic nitrogens is 2. The Morgan fingerprint density at radius 3 is 2.50 bits per heavy atom. The number of benzene rings is 1. The van der Waals surface area contributed by atoms with Crippen LogP contribution in [-0.2, 0) is 21.6 Å². The van der Waals surface area contributed by atoms with E-state index in [1.54, 1.807) is 24.0 Å². The van der Waals surface area contributed by atoms with Gasteiger partial charge in [-0.25, -0.2) is 8.42 Å². The second-order valence-electron chi connectivity index (χ2n) is 4.66. The number of sulfone groups is 1. The van der Waals surface area contributed by atoms with E-state index < -0.39 is 9.84 Å². The second-order valence-corrected chi connectivity index (χ2v) is 6.77. The van der Waals surface area contributed by atoms with Crippen LogP contribution in [0.3, 0.4) is 0 Å². The molecule has 118 valence electrons. The second kappa shape index (κ2) is 6.71. The maximum atomic E-state index is 12.0. The minimum Gasteiger partial charge on any atom is -0.384 e. The van der Waals surface area contributed by atoms with Crippen molar-refractivity contribution in [1.82, 2.24) is 9.78 Å². The molecule has 0 unspecified atom stereocenters. The molecule has 1 aromatic heterocycles. The summed E-state index contributed by atoms with van der Waals surface area (Å²) in [5.41, 5.74) is 0.358. The van der Waals surface area contributed by atoms with E-state index in [0.29, 0.717) is 11.4 Å². The molecule has 0 fully saturated rings. The number of methoxy groups -OCH3 is 1. The molecule has 8 heteroatoms. The first-order valence-corrected chi connectivity index (χ1v) is 8.20. The fraction of sp³-hybridized carbons (Fsp3) is 0.286. The third kappa shape index (κ3) is 3.92. The van der Waals surface area contributed by atoms with Crippen molar-refractivity contribution < 1.29 is 17.9 Å². The molecule has 0 aliphatic carbocycles. The van der Waals surface area contributed by atoms with Crippen LogP contribution in [0.5, 0.6) is 0 Å². The van der Waals surface area contributed by atoms with Crippen molar-refractivity contribution in [2.75, 3.05) is 24.8 Å². The number of rotatable bonds is 6. The molecule has 0 radical (unpaired) electrons. The Kier molecular flexibility index (Phi) is 4.94. The van der Waals surface area contributed by atoms with Crippen LogP contribution in [0, 0.1) is 0 Å². The van der Waals surface area contributed by atoms with E-state index in [9.17, 15) is 13.2 Å². The zero-order chi connectivity index (χ0) is 16.2. The number of nitrogens with zero attached hydrogens (tertiary/aromatic N) is 2. The predicted molar refractivity (Wildman–Crippen MR) is 81.5 cm³/mol. The Labute approximate surface area is 128 Å². The third-order valence-electron chi connectivity index (χ3n) is 2.99. The van der Waals surface area contributed by atoms with Gasteiger partial charge in [-0.2, -0.15) is 5.10 Å². The predicted octanol–water partition coefficient (Wildman–Crippen LogP) is 1.09. The molecule has 1 amide bonds. The van der Waals surface area contributed by atoms with Crippen molar-refractivity contribution in [3.05, 3.63) is 42.1 Å². The smallest absolute Gasteiger partial charge is 0.256 e. The van der Waals surface area contributed by atoms with E-state index in [1.165, 1.54) is 31.4 Å². The standard InChI is InChI=1S/C14H17N3O4S/c1-17-8-7-13(16-17)15-14(18)11-3-5-12(6-4-11)22(19,20)10-9-21-2/h3-8H,9-10H2,1-2H3,(H,15,16,18). The number of nitrogens with one attached hydrogen (secondary N) is 1. The highest BCUT2D eigenvalue weighted by Crippen LogP contribution is 2.13. The first kappa shape index (κ1) is 16.2. The van der Waals surface area contributed by atoms with Crippen LogP contribution in [-0.4, -0.2) is 43.6 Å². The number of carbonyl (C=O) groups is 1. The number of anilines is 1. The van der Waals surface area contributed by atoms with Crippen molar-refractivity contribution in [3.8, 4) is 0 Å². The molecule has 0 saturated carbocycles. The number of hydrogen-bond donors (Lipinski definition) is 1. The molecule has 2 aromatic rings. The first-order chi connectivity index (χ1) is 10.4.